The first-order valence-electron chi connectivity index (χ1n) is 15.9. The Hall–Kier alpha value is -2.65. The standard InChI is InChI=1S/C13H14N4.C13H22N4.C7H19N3.ClH/c1-15-11-17-10-9-16(8-7-14)13(17)12-5-3-2-4-6-12;14-6-8-16-10-11-17(9-7-15)13(16)12-4-2-1-3-5-12;8-4-2-1-3-6-10-7-5-9;/h2-6,13H,8-11H2;1-5,13H,6-11,14-15H2;10H,1-9H2;1H. The first-order valence-corrected chi connectivity index (χ1v) is 15.9. The summed E-state index contributed by atoms with van der Waals surface area (Å²) in [6, 6.07) is 22.9. The zero-order valence-electron chi connectivity index (χ0n) is 26.8. The van der Waals surface area contributed by atoms with Gasteiger partial charge in [-0.05, 0) is 37.1 Å². The third-order valence-corrected chi connectivity index (χ3v) is 7.67. The number of benzene rings is 2. The molecule has 4 rings (SSSR count). The lowest BCUT2D eigenvalue weighted by Crippen LogP contribution is -2.36. The molecule has 2 aliphatic heterocycles. The molecule has 45 heavy (non-hydrogen) atoms. The first-order chi connectivity index (χ1) is 21.6. The molecular weight excluding hydrogens is 586 g/mol. The zero-order valence-corrected chi connectivity index (χ0v) is 27.7. The van der Waals surface area contributed by atoms with Crippen molar-refractivity contribution in [2.75, 3.05) is 91.8 Å². The molecule has 2 heterocycles. The lowest BCUT2D eigenvalue weighted by atomic mass is 10.1. The molecule has 2 fully saturated rings. The molecule has 2 saturated heterocycles. The predicted molar refractivity (Wildman–Crippen MR) is 187 cm³/mol. The summed E-state index contributed by atoms with van der Waals surface area (Å²) in [6.45, 7) is 18.5. The molecule has 11 nitrogen and oxygen atoms in total. The maximum absolute atomic E-state index is 8.84. The minimum Gasteiger partial charge on any atom is -0.330 e. The fraction of sp³-hybridized carbons (Fsp3) is 0.576. The summed E-state index contributed by atoms with van der Waals surface area (Å²) >= 11 is 0. The van der Waals surface area contributed by atoms with E-state index in [-0.39, 0.29) is 18.6 Å². The van der Waals surface area contributed by atoms with Crippen LogP contribution < -0.4 is 28.3 Å². The minimum atomic E-state index is 0. The summed E-state index contributed by atoms with van der Waals surface area (Å²) in [5.41, 5.74) is 24.5. The molecule has 0 aromatic heterocycles. The summed E-state index contributed by atoms with van der Waals surface area (Å²) in [5.74, 6) is 0. The van der Waals surface area contributed by atoms with Gasteiger partial charge in [0.25, 0.3) is 6.67 Å². The van der Waals surface area contributed by atoms with Crippen LogP contribution in [-0.4, -0.2) is 111 Å². The topological polar surface area (TPSA) is 157 Å². The van der Waals surface area contributed by atoms with E-state index in [1.165, 1.54) is 18.4 Å². The van der Waals surface area contributed by atoms with Gasteiger partial charge in [-0.15, -0.1) is 12.4 Å². The molecule has 0 bridgehead atoms. The summed E-state index contributed by atoms with van der Waals surface area (Å²) in [7, 11) is 0. The molecular formula is C33H56ClN11. The van der Waals surface area contributed by atoms with Crippen molar-refractivity contribution < 1.29 is 0 Å². The van der Waals surface area contributed by atoms with E-state index in [1.54, 1.807) is 0 Å². The van der Waals surface area contributed by atoms with E-state index in [4.69, 9.17) is 34.8 Å². The second-order valence-corrected chi connectivity index (χ2v) is 10.8. The molecule has 0 saturated carbocycles. The van der Waals surface area contributed by atoms with Gasteiger partial charge < -0.3 is 28.3 Å². The first kappa shape index (κ1) is 40.4. The van der Waals surface area contributed by atoms with Gasteiger partial charge in [-0.1, -0.05) is 67.1 Å². The number of rotatable bonds is 15. The van der Waals surface area contributed by atoms with Crippen LogP contribution in [0.4, 0.5) is 0 Å². The van der Waals surface area contributed by atoms with Gasteiger partial charge in [-0.25, -0.2) is 11.5 Å². The van der Waals surface area contributed by atoms with Gasteiger partial charge in [0.1, 0.15) is 0 Å². The van der Waals surface area contributed by atoms with Crippen LogP contribution in [0.3, 0.4) is 0 Å². The fourth-order valence-electron chi connectivity index (χ4n) is 5.65. The molecule has 1 atom stereocenters. The second-order valence-electron chi connectivity index (χ2n) is 10.8. The summed E-state index contributed by atoms with van der Waals surface area (Å²) in [4.78, 5) is 12.5. The van der Waals surface area contributed by atoms with Crippen LogP contribution in [0.5, 0.6) is 0 Å². The third-order valence-electron chi connectivity index (χ3n) is 7.67. The number of hydrogen-bond donors (Lipinski definition) is 5. The number of nitriles is 1. The molecule has 0 spiro atoms. The number of unbranched alkanes of at least 4 members (excludes halogenated alkanes) is 2. The average Bonchev–Trinajstić information content (AvgIpc) is 3.64. The molecule has 2 aliphatic rings. The maximum Gasteiger partial charge on any atom is 0.272 e. The number of hydrogen-bond acceptors (Lipinski definition) is 10. The van der Waals surface area contributed by atoms with Gasteiger partial charge in [-0.3, -0.25) is 19.5 Å². The van der Waals surface area contributed by atoms with Crippen LogP contribution in [0.2, 0.25) is 0 Å². The smallest absolute Gasteiger partial charge is 0.272 e. The van der Waals surface area contributed by atoms with Crippen molar-refractivity contribution in [1.82, 2.24) is 24.9 Å². The molecule has 9 N–H and O–H groups in total. The van der Waals surface area contributed by atoms with E-state index in [0.29, 0.717) is 32.5 Å². The Balaban J connectivity index is 0.000000347. The van der Waals surface area contributed by atoms with Crippen LogP contribution in [0, 0.1) is 17.9 Å². The van der Waals surface area contributed by atoms with Crippen LogP contribution in [0.25, 0.3) is 4.85 Å². The van der Waals surface area contributed by atoms with Gasteiger partial charge in [0, 0.05) is 65.4 Å². The molecule has 250 valence electrons. The largest absolute Gasteiger partial charge is 0.330 e. The van der Waals surface area contributed by atoms with Crippen molar-refractivity contribution >= 4 is 12.4 Å². The molecule has 0 radical (unpaired) electrons. The highest BCUT2D eigenvalue weighted by Crippen LogP contribution is 2.30. The zero-order chi connectivity index (χ0) is 31.8. The van der Waals surface area contributed by atoms with Crippen molar-refractivity contribution in [3.05, 3.63) is 83.2 Å². The Kier molecular flexibility index (Phi) is 22.9. The maximum atomic E-state index is 8.84. The van der Waals surface area contributed by atoms with Crippen molar-refractivity contribution in [2.24, 2.45) is 22.9 Å². The van der Waals surface area contributed by atoms with Gasteiger partial charge in [0.05, 0.1) is 24.9 Å². The van der Waals surface area contributed by atoms with Crippen LogP contribution in [-0.2, 0) is 0 Å². The van der Waals surface area contributed by atoms with Gasteiger partial charge >= 0.3 is 0 Å². The number of nitrogens with zero attached hydrogens (tertiary/aromatic N) is 6. The Bertz CT molecular complexity index is 1020. The van der Waals surface area contributed by atoms with E-state index in [2.05, 4.69) is 78.3 Å². The lowest BCUT2D eigenvalue weighted by Gasteiger charge is -2.30. The summed E-state index contributed by atoms with van der Waals surface area (Å²) < 4.78 is 0. The van der Waals surface area contributed by atoms with Crippen molar-refractivity contribution in [3.8, 4) is 6.07 Å². The van der Waals surface area contributed by atoms with E-state index in [0.717, 1.165) is 77.4 Å². The van der Waals surface area contributed by atoms with Crippen LogP contribution >= 0.6 is 12.4 Å². The predicted octanol–water partition coefficient (Wildman–Crippen LogP) is 2.01. The lowest BCUT2D eigenvalue weighted by molar-refractivity contribution is 0.143. The monoisotopic (exact) mass is 641 g/mol. The van der Waals surface area contributed by atoms with E-state index < -0.39 is 0 Å². The van der Waals surface area contributed by atoms with E-state index in [1.807, 2.05) is 18.2 Å². The van der Waals surface area contributed by atoms with Gasteiger partial charge in [0.2, 0.25) is 0 Å². The summed E-state index contributed by atoms with van der Waals surface area (Å²) in [5, 5.41) is 12.1. The molecule has 0 amide bonds. The summed E-state index contributed by atoms with van der Waals surface area (Å²) in [6.07, 6.45) is 4.02. The van der Waals surface area contributed by atoms with Crippen molar-refractivity contribution in [1.29, 1.82) is 5.26 Å². The number of halogens is 1. The highest BCUT2D eigenvalue weighted by atomic mass is 35.5. The Morgan fingerprint density at radius 1 is 0.689 bits per heavy atom. The highest BCUT2D eigenvalue weighted by molar-refractivity contribution is 5.85. The molecule has 0 aliphatic carbocycles. The third kappa shape index (κ3) is 14.5. The van der Waals surface area contributed by atoms with Crippen molar-refractivity contribution in [2.45, 2.75) is 31.6 Å². The number of nitrogens with two attached hydrogens (primary N) is 4. The van der Waals surface area contributed by atoms with Crippen molar-refractivity contribution in [3.63, 3.8) is 0 Å². The van der Waals surface area contributed by atoms with Crippen LogP contribution in [0.15, 0.2) is 60.7 Å². The van der Waals surface area contributed by atoms with E-state index in [9.17, 15) is 0 Å². The Morgan fingerprint density at radius 2 is 1.20 bits per heavy atom. The quantitative estimate of drug-likeness (QED) is 0.111. The second kappa shape index (κ2) is 25.5. The van der Waals surface area contributed by atoms with E-state index >= 15 is 0 Å². The normalized spacial score (nSPS) is 17.3. The molecule has 2 aromatic rings. The highest BCUT2D eigenvalue weighted by Gasteiger charge is 2.34. The average molecular weight is 642 g/mol. The van der Waals surface area contributed by atoms with Gasteiger partial charge in [0.15, 0.2) is 0 Å². The molecule has 12 heteroatoms. The molecule has 1 unspecified atom stereocenters. The Morgan fingerprint density at radius 3 is 1.67 bits per heavy atom. The SMILES string of the molecule is Cl.NCCCCCNCCN.NCCN1CCN(CCN)C1c1ccccc1.[C-]#[N+]CN1CCN(CC#N)C1c1ccccc1. The number of nitrogens with one attached hydrogen (secondary N) is 1. The van der Waals surface area contributed by atoms with Gasteiger partial charge in [-0.2, -0.15) is 5.26 Å². The van der Waals surface area contributed by atoms with Crippen LogP contribution in [0.1, 0.15) is 42.7 Å². The minimum absolute atomic E-state index is 0. The molecule has 2 aromatic carbocycles. The fourth-order valence-corrected chi connectivity index (χ4v) is 5.65. The Labute approximate surface area is 277 Å².